The van der Waals surface area contributed by atoms with E-state index in [4.69, 9.17) is 5.11 Å². The van der Waals surface area contributed by atoms with Gasteiger partial charge in [-0.25, -0.2) is 8.42 Å². The van der Waals surface area contributed by atoms with Crippen molar-refractivity contribution in [1.29, 1.82) is 0 Å². The monoisotopic (exact) mass is 388 g/mol. The number of aliphatic carboxylic acids is 1. The molecule has 144 valence electrons. The smallest absolute Gasteiger partial charge is 0.307 e. The summed E-state index contributed by atoms with van der Waals surface area (Å²) in [5.74, 6) is -0.852. The number of benzene rings is 2. The molecule has 0 aromatic heterocycles. The number of nitrogens with zero attached hydrogens (tertiary/aromatic N) is 2. The van der Waals surface area contributed by atoms with Crippen LogP contribution >= 0.6 is 0 Å². The average molecular weight is 388 g/mol. The van der Waals surface area contributed by atoms with Crippen LogP contribution in [0.2, 0.25) is 0 Å². The summed E-state index contributed by atoms with van der Waals surface area (Å²) in [5.41, 5.74) is 1.78. The first-order chi connectivity index (χ1) is 12.9. The van der Waals surface area contributed by atoms with Crippen molar-refractivity contribution in [3.05, 3.63) is 65.7 Å². The zero-order valence-electron chi connectivity index (χ0n) is 15.3. The van der Waals surface area contributed by atoms with E-state index in [0.717, 1.165) is 11.1 Å². The van der Waals surface area contributed by atoms with E-state index < -0.39 is 16.0 Å². The molecule has 0 aliphatic carbocycles. The normalized spacial score (nSPS) is 19.1. The molecule has 2 aromatic carbocycles. The summed E-state index contributed by atoms with van der Waals surface area (Å²) in [6.07, 6.45) is -0.00587. The highest BCUT2D eigenvalue weighted by Crippen LogP contribution is 2.22. The predicted molar refractivity (Wildman–Crippen MR) is 103 cm³/mol. The van der Waals surface area contributed by atoms with Crippen molar-refractivity contribution in [1.82, 2.24) is 9.21 Å². The molecular weight excluding hydrogens is 364 g/mol. The van der Waals surface area contributed by atoms with Crippen molar-refractivity contribution >= 4 is 16.0 Å². The lowest BCUT2D eigenvalue weighted by Gasteiger charge is -2.39. The second-order valence-electron chi connectivity index (χ2n) is 6.85. The zero-order valence-corrected chi connectivity index (χ0v) is 16.1. The van der Waals surface area contributed by atoms with E-state index in [1.807, 2.05) is 31.2 Å². The third-order valence-corrected chi connectivity index (χ3v) is 6.88. The Hall–Kier alpha value is -2.22. The molecule has 1 fully saturated rings. The SMILES string of the molecule is C[C@H]1CN(Cc2ccccc2CC(=O)O)CCN1S(=O)(=O)c1ccccc1. The second kappa shape index (κ2) is 8.21. The van der Waals surface area contributed by atoms with E-state index in [0.29, 0.717) is 31.1 Å². The Kier molecular flexibility index (Phi) is 5.94. The van der Waals surface area contributed by atoms with Gasteiger partial charge in [0.25, 0.3) is 0 Å². The minimum atomic E-state index is -3.50. The van der Waals surface area contributed by atoms with Crippen molar-refractivity contribution in [2.24, 2.45) is 0 Å². The van der Waals surface area contributed by atoms with E-state index in [1.54, 1.807) is 34.6 Å². The van der Waals surface area contributed by atoms with Gasteiger partial charge in [0.05, 0.1) is 11.3 Å². The van der Waals surface area contributed by atoms with Gasteiger partial charge in [0.15, 0.2) is 0 Å². The predicted octanol–water partition coefficient (Wildman–Crippen LogP) is 2.21. The van der Waals surface area contributed by atoms with Gasteiger partial charge in [-0.15, -0.1) is 0 Å². The number of carboxylic acids is 1. The van der Waals surface area contributed by atoms with Crippen molar-refractivity contribution in [2.45, 2.75) is 30.8 Å². The molecule has 0 amide bonds. The number of carbonyl (C=O) groups is 1. The third-order valence-electron chi connectivity index (χ3n) is 4.85. The summed E-state index contributed by atoms with van der Waals surface area (Å²) >= 11 is 0. The van der Waals surface area contributed by atoms with Crippen LogP contribution < -0.4 is 0 Å². The molecule has 1 saturated heterocycles. The number of hydrogen-bond donors (Lipinski definition) is 1. The Balaban J connectivity index is 1.70. The molecular formula is C20H24N2O4S. The van der Waals surface area contributed by atoms with Crippen LogP contribution in [0.25, 0.3) is 0 Å². The minimum absolute atomic E-state index is 0.00587. The first kappa shape index (κ1) is 19.5. The molecule has 7 heteroatoms. The molecule has 27 heavy (non-hydrogen) atoms. The second-order valence-corrected chi connectivity index (χ2v) is 8.74. The topological polar surface area (TPSA) is 77.9 Å². The van der Waals surface area contributed by atoms with Gasteiger partial charge in [-0.3, -0.25) is 9.69 Å². The molecule has 1 atom stereocenters. The summed E-state index contributed by atoms with van der Waals surface area (Å²) < 4.78 is 27.3. The van der Waals surface area contributed by atoms with Gasteiger partial charge in [-0.05, 0) is 30.2 Å². The van der Waals surface area contributed by atoms with E-state index in [9.17, 15) is 13.2 Å². The van der Waals surface area contributed by atoms with Crippen LogP contribution in [0.4, 0.5) is 0 Å². The van der Waals surface area contributed by atoms with Gasteiger partial charge in [0.1, 0.15) is 0 Å². The minimum Gasteiger partial charge on any atom is -0.481 e. The van der Waals surface area contributed by atoms with Gasteiger partial charge in [-0.2, -0.15) is 4.31 Å². The standard InChI is InChI=1S/C20H24N2O4S/c1-16-14-21(15-18-8-6-5-7-17(18)13-20(23)24)11-12-22(16)27(25,26)19-9-3-2-4-10-19/h2-10,16H,11-15H2,1H3,(H,23,24)/t16-/m0/s1. The van der Waals surface area contributed by atoms with Crippen LogP contribution in [0.3, 0.4) is 0 Å². The number of carboxylic acid groups (broad SMARTS) is 1. The van der Waals surface area contributed by atoms with Crippen molar-refractivity contribution in [2.75, 3.05) is 19.6 Å². The molecule has 0 unspecified atom stereocenters. The van der Waals surface area contributed by atoms with Crippen molar-refractivity contribution < 1.29 is 18.3 Å². The van der Waals surface area contributed by atoms with E-state index >= 15 is 0 Å². The van der Waals surface area contributed by atoms with Gasteiger partial charge >= 0.3 is 5.97 Å². The van der Waals surface area contributed by atoms with Crippen LogP contribution in [0, 0.1) is 0 Å². The molecule has 6 nitrogen and oxygen atoms in total. The maximum atomic E-state index is 12.9. The summed E-state index contributed by atoms with van der Waals surface area (Å²) in [5, 5.41) is 9.08. The van der Waals surface area contributed by atoms with E-state index in [2.05, 4.69) is 4.90 Å². The van der Waals surface area contributed by atoms with Crippen molar-refractivity contribution in [3.8, 4) is 0 Å². The van der Waals surface area contributed by atoms with Crippen LogP contribution in [-0.2, 0) is 27.8 Å². The molecule has 1 aliphatic rings. The molecule has 2 aromatic rings. The fourth-order valence-electron chi connectivity index (χ4n) is 3.53. The first-order valence-electron chi connectivity index (χ1n) is 8.96. The molecule has 0 bridgehead atoms. The first-order valence-corrected chi connectivity index (χ1v) is 10.4. The van der Waals surface area contributed by atoms with Gasteiger partial charge < -0.3 is 5.11 Å². The third kappa shape index (κ3) is 4.55. The lowest BCUT2D eigenvalue weighted by molar-refractivity contribution is -0.136. The van der Waals surface area contributed by atoms with Gasteiger partial charge in [-0.1, -0.05) is 42.5 Å². The summed E-state index contributed by atoms with van der Waals surface area (Å²) in [4.78, 5) is 13.6. The maximum Gasteiger partial charge on any atom is 0.307 e. The van der Waals surface area contributed by atoms with Crippen LogP contribution in [0.15, 0.2) is 59.5 Å². The Labute approximate surface area is 160 Å². The Bertz CT molecular complexity index is 899. The molecule has 1 aliphatic heterocycles. The fourth-order valence-corrected chi connectivity index (χ4v) is 5.17. The quantitative estimate of drug-likeness (QED) is 0.821. The highest BCUT2D eigenvalue weighted by Gasteiger charge is 2.33. The Morgan fingerprint density at radius 1 is 1.04 bits per heavy atom. The van der Waals surface area contributed by atoms with E-state index in [-0.39, 0.29) is 12.5 Å². The summed E-state index contributed by atoms with van der Waals surface area (Å²) in [6, 6.07) is 15.9. The van der Waals surface area contributed by atoms with Gasteiger partial charge in [0, 0.05) is 32.2 Å². The Morgan fingerprint density at radius 2 is 1.67 bits per heavy atom. The lowest BCUT2D eigenvalue weighted by atomic mass is 10.0. The van der Waals surface area contributed by atoms with Crippen LogP contribution in [-0.4, -0.2) is 54.4 Å². The van der Waals surface area contributed by atoms with Crippen LogP contribution in [0.1, 0.15) is 18.1 Å². The largest absolute Gasteiger partial charge is 0.481 e. The average Bonchev–Trinajstić information content (AvgIpc) is 2.63. The molecule has 0 radical (unpaired) electrons. The highest BCUT2D eigenvalue weighted by molar-refractivity contribution is 7.89. The summed E-state index contributed by atoms with van der Waals surface area (Å²) in [6.45, 7) is 4.16. The molecule has 0 saturated carbocycles. The number of hydrogen-bond acceptors (Lipinski definition) is 4. The number of rotatable bonds is 6. The zero-order chi connectivity index (χ0) is 19.4. The number of sulfonamides is 1. The van der Waals surface area contributed by atoms with E-state index in [1.165, 1.54) is 0 Å². The maximum absolute atomic E-state index is 12.9. The highest BCUT2D eigenvalue weighted by atomic mass is 32.2. The molecule has 3 rings (SSSR count). The van der Waals surface area contributed by atoms with Crippen molar-refractivity contribution in [3.63, 3.8) is 0 Å². The number of piperazine rings is 1. The molecule has 1 N–H and O–H groups in total. The van der Waals surface area contributed by atoms with Crippen LogP contribution in [0.5, 0.6) is 0 Å². The lowest BCUT2D eigenvalue weighted by Crippen LogP contribution is -2.53. The Morgan fingerprint density at radius 3 is 2.30 bits per heavy atom. The summed E-state index contributed by atoms with van der Waals surface area (Å²) in [7, 11) is -3.50. The molecule has 1 heterocycles. The fraction of sp³-hybridized carbons (Fsp3) is 0.350. The van der Waals surface area contributed by atoms with Gasteiger partial charge in [0.2, 0.25) is 10.0 Å². The molecule has 0 spiro atoms.